The number of aromatic nitrogens is 4. The summed E-state index contributed by atoms with van der Waals surface area (Å²) in [5.74, 6) is 0.149. The molecule has 0 unspecified atom stereocenters. The normalized spacial score (nSPS) is 10.3. The Morgan fingerprint density at radius 1 is 1.19 bits per heavy atom. The molecule has 3 N–H and O–H groups in total. The van der Waals surface area contributed by atoms with Crippen LogP contribution in [0.3, 0.4) is 0 Å². The van der Waals surface area contributed by atoms with Crippen molar-refractivity contribution >= 4 is 11.6 Å². The number of nitrogens with two attached hydrogens (primary N) is 1. The van der Waals surface area contributed by atoms with Gasteiger partial charge in [0.25, 0.3) is 5.91 Å². The fourth-order valence-electron chi connectivity index (χ4n) is 2.24. The zero-order valence-corrected chi connectivity index (χ0v) is 14.2. The van der Waals surface area contributed by atoms with Crippen molar-refractivity contribution in [1.82, 2.24) is 25.3 Å². The van der Waals surface area contributed by atoms with Gasteiger partial charge in [-0.15, -0.1) is 0 Å². The number of amides is 1. The monoisotopic (exact) mass is 350 g/mol. The van der Waals surface area contributed by atoms with Crippen LogP contribution in [0.5, 0.6) is 5.88 Å². The van der Waals surface area contributed by atoms with Crippen LogP contribution in [-0.2, 0) is 6.54 Å². The lowest BCUT2D eigenvalue weighted by molar-refractivity contribution is 0.0945. The third-order valence-corrected chi connectivity index (χ3v) is 3.47. The van der Waals surface area contributed by atoms with Gasteiger partial charge in [0.15, 0.2) is 0 Å². The highest BCUT2D eigenvalue weighted by Gasteiger charge is 2.09. The molecule has 8 heteroatoms. The smallest absolute Gasteiger partial charge is 0.270 e. The summed E-state index contributed by atoms with van der Waals surface area (Å²) in [6.07, 6.45) is 6.34. The number of carbonyl (C=O) groups excluding carboxylic acids is 1. The van der Waals surface area contributed by atoms with Crippen LogP contribution in [-0.4, -0.2) is 32.4 Å². The third-order valence-electron chi connectivity index (χ3n) is 3.47. The van der Waals surface area contributed by atoms with Crippen molar-refractivity contribution in [2.75, 3.05) is 12.3 Å². The van der Waals surface area contributed by atoms with Crippen LogP contribution in [0, 0.1) is 0 Å². The largest absolute Gasteiger partial charge is 0.477 e. The predicted octanol–water partition coefficient (Wildman–Crippen LogP) is 1.84. The first kappa shape index (κ1) is 17.3. The Kier molecular flexibility index (Phi) is 5.33. The second-order valence-corrected chi connectivity index (χ2v) is 5.37. The van der Waals surface area contributed by atoms with Crippen molar-refractivity contribution in [3.8, 4) is 17.1 Å². The van der Waals surface area contributed by atoms with Gasteiger partial charge in [0.05, 0.1) is 36.9 Å². The summed E-state index contributed by atoms with van der Waals surface area (Å²) >= 11 is 0. The molecule has 1 amide bonds. The first-order valence-electron chi connectivity index (χ1n) is 8.05. The molecule has 0 radical (unpaired) electrons. The van der Waals surface area contributed by atoms with Crippen LogP contribution in [0.15, 0.2) is 49.1 Å². The maximum atomic E-state index is 12.2. The van der Waals surface area contributed by atoms with Gasteiger partial charge in [-0.2, -0.15) is 0 Å². The molecule has 0 atom stereocenters. The lowest BCUT2D eigenvalue weighted by atomic mass is 10.2. The topological polar surface area (TPSA) is 116 Å². The minimum Gasteiger partial charge on any atom is -0.477 e. The number of carbonyl (C=O) groups is 1. The van der Waals surface area contributed by atoms with Crippen LogP contribution < -0.4 is 15.8 Å². The van der Waals surface area contributed by atoms with Gasteiger partial charge in [-0.1, -0.05) is 0 Å². The number of nitrogens with one attached hydrogen (secondary N) is 1. The molecule has 0 saturated carbocycles. The van der Waals surface area contributed by atoms with E-state index in [1.807, 2.05) is 6.92 Å². The lowest BCUT2D eigenvalue weighted by Crippen LogP contribution is -2.24. The summed E-state index contributed by atoms with van der Waals surface area (Å²) in [4.78, 5) is 29.0. The van der Waals surface area contributed by atoms with Crippen molar-refractivity contribution in [2.45, 2.75) is 13.5 Å². The number of nitrogens with zero attached hydrogens (tertiary/aromatic N) is 4. The molecule has 0 aliphatic heterocycles. The minimum atomic E-state index is -0.296. The number of pyridine rings is 2. The molecule has 0 aromatic carbocycles. The summed E-state index contributed by atoms with van der Waals surface area (Å²) in [6, 6.07) is 6.79. The van der Waals surface area contributed by atoms with E-state index in [2.05, 4.69) is 25.3 Å². The van der Waals surface area contributed by atoms with Crippen molar-refractivity contribution in [2.24, 2.45) is 0 Å². The number of hydrogen-bond acceptors (Lipinski definition) is 7. The van der Waals surface area contributed by atoms with Gasteiger partial charge in [-0.3, -0.25) is 19.7 Å². The molecular formula is C18H18N6O2. The van der Waals surface area contributed by atoms with E-state index in [9.17, 15) is 4.79 Å². The van der Waals surface area contributed by atoms with Crippen LogP contribution in [0.25, 0.3) is 11.3 Å². The maximum Gasteiger partial charge on any atom is 0.270 e. The number of ether oxygens (including phenoxy) is 1. The first-order chi connectivity index (χ1) is 12.7. The molecule has 0 saturated heterocycles. The van der Waals surface area contributed by atoms with Gasteiger partial charge < -0.3 is 15.8 Å². The average molecular weight is 350 g/mol. The first-order valence-corrected chi connectivity index (χ1v) is 8.05. The van der Waals surface area contributed by atoms with Crippen molar-refractivity contribution in [3.63, 3.8) is 0 Å². The maximum absolute atomic E-state index is 12.2. The Hall–Kier alpha value is -3.55. The molecule has 3 heterocycles. The number of nitrogen functional groups attached to an aromatic ring is 1. The van der Waals surface area contributed by atoms with Gasteiger partial charge in [0, 0.05) is 23.6 Å². The predicted molar refractivity (Wildman–Crippen MR) is 96.3 cm³/mol. The summed E-state index contributed by atoms with van der Waals surface area (Å²) in [6.45, 7) is 2.66. The van der Waals surface area contributed by atoms with Crippen molar-refractivity contribution in [1.29, 1.82) is 0 Å². The van der Waals surface area contributed by atoms with Crippen LogP contribution >= 0.6 is 0 Å². The van der Waals surface area contributed by atoms with E-state index in [4.69, 9.17) is 10.5 Å². The fraction of sp³-hybridized carbons (Fsp3) is 0.167. The molecule has 0 spiro atoms. The molecule has 3 rings (SSSR count). The highest BCUT2D eigenvalue weighted by atomic mass is 16.5. The molecule has 132 valence electrons. The number of hydrogen-bond donors (Lipinski definition) is 2. The highest BCUT2D eigenvalue weighted by molar-refractivity contribution is 5.92. The molecule has 0 aliphatic rings. The fourth-order valence-corrected chi connectivity index (χ4v) is 2.24. The second-order valence-electron chi connectivity index (χ2n) is 5.37. The number of anilines is 1. The molecule has 26 heavy (non-hydrogen) atoms. The molecular weight excluding hydrogens is 332 g/mol. The van der Waals surface area contributed by atoms with E-state index in [1.54, 1.807) is 49.1 Å². The lowest BCUT2D eigenvalue weighted by Gasteiger charge is -2.06. The van der Waals surface area contributed by atoms with Gasteiger partial charge in [-0.25, -0.2) is 4.98 Å². The molecule has 0 bridgehead atoms. The Balaban J connectivity index is 1.67. The minimum absolute atomic E-state index is 0.273. The third kappa shape index (κ3) is 4.29. The summed E-state index contributed by atoms with van der Waals surface area (Å²) in [5.41, 5.74) is 8.64. The second kappa shape index (κ2) is 8.02. The van der Waals surface area contributed by atoms with E-state index in [-0.39, 0.29) is 12.5 Å². The van der Waals surface area contributed by atoms with Crippen LogP contribution in [0.1, 0.15) is 23.1 Å². The van der Waals surface area contributed by atoms with Crippen LogP contribution in [0.2, 0.25) is 0 Å². The quantitative estimate of drug-likeness (QED) is 0.697. The van der Waals surface area contributed by atoms with Gasteiger partial charge in [0.1, 0.15) is 5.69 Å². The molecule has 0 fully saturated rings. The SMILES string of the molecule is CCOc1cncc(-c2ccc(C(=O)NCc3cc(N)ccn3)nc2)n1. The zero-order valence-electron chi connectivity index (χ0n) is 14.2. The van der Waals surface area contributed by atoms with Crippen molar-refractivity contribution < 1.29 is 9.53 Å². The van der Waals surface area contributed by atoms with E-state index in [0.29, 0.717) is 35.3 Å². The summed E-state index contributed by atoms with van der Waals surface area (Å²) in [5, 5.41) is 2.76. The molecule has 3 aromatic rings. The van der Waals surface area contributed by atoms with E-state index in [0.717, 1.165) is 5.56 Å². The zero-order chi connectivity index (χ0) is 18.4. The highest BCUT2D eigenvalue weighted by Crippen LogP contribution is 2.18. The van der Waals surface area contributed by atoms with Crippen LogP contribution in [0.4, 0.5) is 5.69 Å². The Labute approximate surface area is 150 Å². The van der Waals surface area contributed by atoms with E-state index >= 15 is 0 Å². The van der Waals surface area contributed by atoms with Crippen molar-refractivity contribution in [3.05, 3.63) is 60.4 Å². The van der Waals surface area contributed by atoms with Gasteiger partial charge in [0.2, 0.25) is 5.88 Å². The van der Waals surface area contributed by atoms with E-state index < -0.39 is 0 Å². The number of rotatable bonds is 6. The molecule has 8 nitrogen and oxygen atoms in total. The van der Waals surface area contributed by atoms with Gasteiger partial charge >= 0.3 is 0 Å². The van der Waals surface area contributed by atoms with Gasteiger partial charge in [-0.05, 0) is 31.2 Å². The van der Waals surface area contributed by atoms with E-state index in [1.165, 1.54) is 0 Å². The molecule has 0 aliphatic carbocycles. The summed E-state index contributed by atoms with van der Waals surface area (Å²) in [7, 11) is 0. The Morgan fingerprint density at radius 2 is 2.08 bits per heavy atom. The standard InChI is InChI=1S/C18H18N6O2/c1-2-26-17-11-20-10-16(24-17)12-3-4-15(22-8-12)18(25)23-9-14-7-13(19)5-6-21-14/h3-8,10-11H,2,9H2,1H3,(H2,19,21)(H,23,25). The Bertz CT molecular complexity index is 898. The average Bonchev–Trinajstić information content (AvgIpc) is 2.67. The Morgan fingerprint density at radius 3 is 2.81 bits per heavy atom. The molecule has 3 aromatic heterocycles. The summed E-state index contributed by atoms with van der Waals surface area (Å²) < 4.78 is 5.34.